The Kier molecular flexibility index (Phi) is 7.09. The average molecular weight is 448 g/mol. The second kappa shape index (κ2) is 10.5. The summed E-state index contributed by atoms with van der Waals surface area (Å²) in [4.78, 5) is 17.0. The number of benzene rings is 3. The van der Waals surface area contributed by atoms with Crippen molar-refractivity contribution >= 4 is 5.91 Å². The lowest BCUT2D eigenvalue weighted by Crippen LogP contribution is -2.29. The van der Waals surface area contributed by atoms with Crippen molar-refractivity contribution in [3.8, 4) is 17.1 Å². The van der Waals surface area contributed by atoms with Crippen LogP contribution in [0.5, 0.6) is 5.75 Å². The standard InChI is InChI=1S/C26H22F2N2O3/c27-26(28)32-21-13-11-20(12-14-21)25(19-9-5-2-6-10-19)30-23(31)15-16-24-29-17-22(33-24)18-7-3-1-4-8-18/h1-14,17,25-26H,15-16H2,(H,30,31). The van der Waals surface area contributed by atoms with Crippen molar-refractivity contribution in [3.63, 3.8) is 0 Å². The maximum Gasteiger partial charge on any atom is 0.387 e. The molecule has 0 aliphatic heterocycles. The minimum Gasteiger partial charge on any atom is -0.441 e. The van der Waals surface area contributed by atoms with Crippen LogP contribution in [0.4, 0.5) is 8.78 Å². The number of rotatable bonds is 9. The van der Waals surface area contributed by atoms with E-state index >= 15 is 0 Å². The number of carbonyl (C=O) groups is 1. The van der Waals surface area contributed by atoms with Crippen molar-refractivity contribution in [2.45, 2.75) is 25.5 Å². The van der Waals surface area contributed by atoms with Crippen molar-refractivity contribution in [1.29, 1.82) is 0 Å². The highest BCUT2D eigenvalue weighted by molar-refractivity contribution is 5.77. The van der Waals surface area contributed by atoms with Crippen molar-refractivity contribution in [1.82, 2.24) is 10.3 Å². The van der Waals surface area contributed by atoms with Gasteiger partial charge >= 0.3 is 6.61 Å². The van der Waals surface area contributed by atoms with E-state index in [0.717, 1.165) is 16.7 Å². The van der Waals surface area contributed by atoms with E-state index < -0.39 is 12.7 Å². The summed E-state index contributed by atoms with van der Waals surface area (Å²) in [5.41, 5.74) is 2.54. The Bertz CT molecular complexity index is 1160. The van der Waals surface area contributed by atoms with Crippen molar-refractivity contribution < 1.29 is 22.7 Å². The normalized spacial score (nSPS) is 11.8. The highest BCUT2D eigenvalue weighted by Gasteiger charge is 2.18. The van der Waals surface area contributed by atoms with E-state index in [9.17, 15) is 13.6 Å². The number of carbonyl (C=O) groups excluding carboxylic acids is 1. The molecule has 0 bridgehead atoms. The van der Waals surface area contributed by atoms with Crippen LogP contribution < -0.4 is 10.1 Å². The first-order chi connectivity index (χ1) is 16.1. The summed E-state index contributed by atoms with van der Waals surface area (Å²) in [6.45, 7) is -2.89. The number of halogens is 2. The van der Waals surface area contributed by atoms with E-state index in [2.05, 4.69) is 15.0 Å². The monoisotopic (exact) mass is 448 g/mol. The second-order valence-corrected chi connectivity index (χ2v) is 7.34. The van der Waals surface area contributed by atoms with Gasteiger partial charge in [0.2, 0.25) is 5.91 Å². The summed E-state index contributed by atoms with van der Waals surface area (Å²) >= 11 is 0. The predicted octanol–water partition coefficient (Wildman–Crippen LogP) is 5.78. The highest BCUT2D eigenvalue weighted by Crippen LogP contribution is 2.25. The zero-order valence-electron chi connectivity index (χ0n) is 17.7. The lowest BCUT2D eigenvalue weighted by molar-refractivity contribution is -0.121. The lowest BCUT2D eigenvalue weighted by Gasteiger charge is -2.20. The fraction of sp³-hybridized carbons (Fsp3) is 0.154. The van der Waals surface area contributed by atoms with Gasteiger partial charge < -0.3 is 14.5 Å². The van der Waals surface area contributed by atoms with Crippen LogP contribution in [0.2, 0.25) is 0 Å². The quantitative estimate of drug-likeness (QED) is 0.352. The number of alkyl halides is 2. The molecule has 0 spiro atoms. The first kappa shape index (κ1) is 22.2. The van der Waals surface area contributed by atoms with Gasteiger partial charge in [-0.2, -0.15) is 8.78 Å². The van der Waals surface area contributed by atoms with E-state index in [1.807, 2.05) is 60.7 Å². The Morgan fingerprint density at radius 2 is 1.55 bits per heavy atom. The summed E-state index contributed by atoms with van der Waals surface area (Å²) in [7, 11) is 0. The van der Waals surface area contributed by atoms with Crippen LogP contribution in [0.3, 0.4) is 0 Å². The van der Waals surface area contributed by atoms with E-state index in [0.29, 0.717) is 18.1 Å². The number of oxazole rings is 1. The predicted molar refractivity (Wildman–Crippen MR) is 120 cm³/mol. The van der Waals surface area contributed by atoms with Crippen molar-refractivity contribution in [2.75, 3.05) is 0 Å². The zero-order valence-corrected chi connectivity index (χ0v) is 17.7. The molecule has 1 atom stereocenters. The maximum atomic E-state index is 12.8. The topological polar surface area (TPSA) is 64.4 Å². The summed E-state index contributed by atoms with van der Waals surface area (Å²) in [6.07, 6.45) is 2.18. The van der Waals surface area contributed by atoms with Gasteiger partial charge in [0.25, 0.3) is 0 Å². The van der Waals surface area contributed by atoms with Crippen LogP contribution in [0, 0.1) is 0 Å². The van der Waals surface area contributed by atoms with Crippen LogP contribution in [-0.4, -0.2) is 17.5 Å². The summed E-state index contributed by atoms with van der Waals surface area (Å²) in [5.74, 6) is 1.01. The number of aryl methyl sites for hydroxylation is 1. The van der Waals surface area contributed by atoms with Crippen molar-refractivity contribution in [3.05, 3.63) is 108 Å². The molecule has 1 amide bonds. The van der Waals surface area contributed by atoms with Crippen LogP contribution >= 0.6 is 0 Å². The van der Waals surface area contributed by atoms with Gasteiger partial charge in [0.1, 0.15) is 5.75 Å². The average Bonchev–Trinajstić information content (AvgIpc) is 3.32. The molecule has 0 fully saturated rings. The summed E-state index contributed by atoms with van der Waals surface area (Å²) in [6, 6.07) is 24.9. The molecule has 0 aliphatic carbocycles. The Hall–Kier alpha value is -4.00. The van der Waals surface area contributed by atoms with Gasteiger partial charge in [-0.15, -0.1) is 0 Å². The molecule has 1 heterocycles. The third-order valence-electron chi connectivity index (χ3n) is 5.05. The third-order valence-corrected chi connectivity index (χ3v) is 5.05. The van der Waals surface area contributed by atoms with Gasteiger partial charge in [0.05, 0.1) is 12.2 Å². The molecule has 3 aromatic carbocycles. The summed E-state index contributed by atoms with van der Waals surface area (Å²) in [5, 5.41) is 3.02. The molecule has 33 heavy (non-hydrogen) atoms. The van der Waals surface area contributed by atoms with Gasteiger partial charge in [0.15, 0.2) is 11.7 Å². The van der Waals surface area contributed by atoms with Crippen LogP contribution in [0.25, 0.3) is 11.3 Å². The molecule has 4 rings (SSSR count). The highest BCUT2D eigenvalue weighted by atomic mass is 19.3. The molecule has 0 aliphatic rings. The minimum absolute atomic E-state index is 0.0602. The molecule has 0 saturated heterocycles. The molecule has 4 aromatic rings. The SMILES string of the molecule is O=C(CCc1ncc(-c2ccccc2)o1)NC(c1ccccc1)c1ccc(OC(F)F)cc1. The molecular weight excluding hydrogens is 426 g/mol. The van der Waals surface area contributed by atoms with Gasteiger partial charge in [-0.05, 0) is 23.3 Å². The molecular formula is C26H22F2N2O3. The van der Waals surface area contributed by atoms with E-state index in [1.54, 1.807) is 18.3 Å². The van der Waals surface area contributed by atoms with Gasteiger partial charge in [-0.3, -0.25) is 4.79 Å². The molecule has 5 nitrogen and oxygen atoms in total. The molecule has 1 aromatic heterocycles. The number of hydrogen-bond acceptors (Lipinski definition) is 4. The number of hydrogen-bond donors (Lipinski definition) is 1. The lowest BCUT2D eigenvalue weighted by atomic mass is 9.98. The number of aromatic nitrogens is 1. The molecule has 1 unspecified atom stereocenters. The fourth-order valence-corrected chi connectivity index (χ4v) is 3.46. The molecule has 7 heteroatoms. The van der Waals surface area contributed by atoms with Gasteiger partial charge in [-0.1, -0.05) is 72.8 Å². The van der Waals surface area contributed by atoms with E-state index in [1.165, 1.54) is 12.1 Å². The Labute approximate surface area is 190 Å². The Morgan fingerprint density at radius 3 is 2.21 bits per heavy atom. The smallest absolute Gasteiger partial charge is 0.387 e. The first-order valence-electron chi connectivity index (χ1n) is 10.5. The third kappa shape index (κ3) is 6.04. The molecule has 0 radical (unpaired) electrons. The van der Waals surface area contributed by atoms with Crippen LogP contribution in [0.1, 0.15) is 29.5 Å². The first-order valence-corrected chi connectivity index (χ1v) is 10.5. The maximum absolute atomic E-state index is 12.8. The van der Waals surface area contributed by atoms with Crippen LogP contribution in [0.15, 0.2) is 95.5 Å². The van der Waals surface area contributed by atoms with Crippen molar-refractivity contribution in [2.24, 2.45) is 0 Å². The van der Waals surface area contributed by atoms with Gasteiger partial charge in [-0.25, -0.2) is 4.98 Å². The second-order valence-electron chi connectivity index (χ2n) is 7.34. The fourth-order valence-electron chi connectivity index (χ4n) is 3.46. The molecule has 0 saturated carbocycles. The largest absolute Gasteiger partial charge is 0.441 e. The van der Waals surface area contributed by atoms with E-state index in [-0.39, 0.29) is 18.1 Å². The van der Waals surface area contributed by atoms with Gasteiger partial charge in [0, 0.05) is 18.4 Å². The zero-order chi connectivity index (χ0) is 23.0. The Morgan fingerprint density at radius 1 is 0.909 bits per heavy atom. The summed E-state index contributed by atoms with van der Waals surface area (Å²) < 4.78 is 35.1. The number of ether oxygens (including phenoxy) is 1. The molecule has 1 N–H and O–H groups in total. The number of amides is 1. The van der Waals surface area contributed by atoms with Crippen LogP contribution in [-0.2, 0) is 11.2 Å². The Balaban J connectivity index is 1.43. The minimum atomic E-state index is -2.89. The van der Waals surface area contributed by atoms with E-state index in [4.69, 9.17) is 4.42 Å². The molecule has 168 valence electrons. The number of nitrogens with zero attached hydrogens (tertiary/aromatic N) is 1. The number of nitrogens with one attached hydrogen (secondary N) is 1.